The second-order valence-electron chi connectivity index (χ2n) is 19.3. The zero-order valence-electron chi connectivity index (χ0n) is 42.6. The fourth-order valence-electron chi connectivity index (χ4n) is 8.49. The Morgan fingerprint density at radius 3 is 2.25 bits per heavy atom. The van der Waals surface area contributed by atoms with Gasteiger partial charge in [0.2, 0.25) is 17.7 Å². The van der Waals surface area contributed by atoms with Crippen LogP contribution in [0.5, 0.6) is 28.7 Å². The first-order chi connectivity index (χ1) is 36.5. The molecule has 0 bridgehead atoms. The Morgan fingerprint density at radius 2 is 1.53 bits per heavy atom. The van der Waals surface area contributed by atoms with E-state index in [-0.39, 0.29) is 69.4 Å². The summed E-state index contributed by atoms with van der Waals surface area (Å²) in [5, 5.41) is 41.3. The molecule has 17 nitrogen and oxygen atoms in total. The molecule has 1 aliphatic heterocycles. The molecule has 0 saturated carbocycles. The Balaban J connectivity index is 0.730. The number of hydrogen-bond donors (Lipinski definition) is 6. The monoisotopic (exact) mass is 1070 g/mol. The number of thiophene rings is 1. The Kier molecular flexibility index (Phi) is 17.8. The second-order valence-corrected chi connectivity index (χ2v) is 21.2. The van der Waals surface area contributed by atoms with Gasteiger partial charge in [-0.1, -0.05) is 51.1 Å². The third-order valence-electron chi connectivity index (χ3n) is 12.5. The highest BCUT2D eigenvalue weighted by Crippen LogP contribution is 2.47. The fourth-order valence-corrected chi connectivity index (χ4v) is 10.5. The van der Waals surface area contributed by atoms with Crippen LogP contribution in [0.4, 0.5) is 0 Å². The largest absolute Gasteiger partial charge is 0.508 e. The van der Waals surface area contributed by atoms with E-state index in [9.17, 15) is 34.5 Å². The van der Waals surface area contributed by atoms with Gasteiger partial charge in [0.25, 0.3) is 5.91 Å². The number of likely N-dealkylation sites (tertiary alicyclic amines) is 1. The lowest BCUT2D eigenvalue weighted by Gasteiger charge is -2.35. The third-order valence-corrected chi connectivity index (χ3v) is 14.7. The van der Waals surface area contributed by atoms with Gasteiger partial charge in [0.05, 0.1) is 59.1 Å². The molecule has 1 aliphatic rings. The van der Waals surface area contributed by atoms with Crippen molar-refractivity contribution in [2.24, 2.45) is 10.5 Å². The topological polar surface area (TPSA) is 230 Å². The van der Waals surface area contributed by atoms with Crippen LogP contribution in [0.3, 0.4) is 0 Å². The van der Waals surface area contributed by atoms with Gasteiger partial charge in [-0.2, -0.15) is 5.10 Å². The number of hydrazone groups is 1. The zero-order chi connectivity index (χ0) is 53.9. The number of thiazole rings is 1. The highest BCUT2D eigenvalue weighted by Gasteiger charge is 2.44. The number of aliphatic hydroxyl groups excluding tert-OH is 1. The van der Waals surface area contributed by atoms with Crippen LogP contribution >= 0.6 is 22.7 Å². The minimum atomic E-state index is -0.997. The molecule has 2 aromatic heterocycles. The summed E-state index contributed by atoms with van der Waals surface area (Å²) in [5.74, 6) is 0.0291. The molecule has 7 aromatic rings. The number of phenolic OH excluding ortho intramolecular Hbond substituents is 2. The van der Waals surface area contributed by atoms with Crippen LogP contribution < -0.4 is 25.5 Å². The van der Waals surface area contributed by atoms with Crippen molar-refractivity contribution >= 4 is 62.6 Å². The van der Waals surface area contributed by atoms with E-state index in [1.807, 2.05) is 64.4 Å². The highest BCUT2D eigenvalue weighted by atomic mass is 32.1. The second kappa shape index (κ2) is 24.8. The quantitative estimate of drug-likeness (QED) is 0.0225. The Morgan fingerprint density at radius 1 is 0.829 bits per heavy atom. The lowest BCUT2D eigenvalue weighted by molar-refractivity contribution is -0.144. The predicted octanol–water partition coefficient (Wildman–Crippen LogP) is 8.75. The average Bonchev–Trinajstić information content (AvgIpc) is 4.13. The minimum Gasteiger partial charge on any atom is -0.508 e. The maximum Gasteiger partial charge on any atom is 0.271 e. The summed E-state index contributed by atoms with van der Waals surface area (Å²) in [7, 11) is 0. The molecule has 0 aliphatic carbocycles. The molecule has 19 heteroatoms. The molecule has 76 heavy (non-hydrogen) atoms. The van der Waals surface area contributed by atoms with Crippen LogP contribution in [0, 0.1) is 12.3 Å². The van der Waals surface area contributed by atoms with Crippen LogP contribution in [0.2, 0.25) is 0 Å². The standard InChI is InChI=1S/C57H60N6O11S2/c1-34(37-11-13-38(14-12-37)51-35(2)58-33-75-51)60-55(69)47-28-43(66)31-63(47)56(70)53(57(3,4)5)61-49(67)32-72-24-23-71-25-26-73-44-20-9-36(10-21-44)30-59-62-54(68)40-7-6-8-45(27-40)74-50-46-22-19-42(65)29-48(46)76-52(50)39-15-17-41(64)18-16-39/h6-22,27,29-30,33-34,43,47,53,64-66H,23-26,28,31-32H2,1-5H3,(H,60,69)(H,61,67)(H,62,68)/b59-30+/t34-,43+,47-,53+/m0/s1. The number of carbonyl (C=O) groups excluding carboxylic acids is 4. The maximum atomic E-state index is 14.1. The number of rotatable bonds is 21. The molecule has 3 heterocycles. The van der Waals surface area contributed by atoms with E-state index in [4.69, 9.17) is 18.9 Å². The molecule has 0 spiro atoms. The summed E-state index contributed by atoms with van der Waals surface area (Å²) in [4.78, 5) is 61.5. The summed E-state index contributed by atoms with van der Waals surface area (Å²) < 4.78 is 24.2. The van der Waals surface area contributed by atoms with E-state index < -0.39 is 41.3 Å². The molecule has 1 fully saturated rings. The summed E-state index contributed by atoms with van der Waals surface area (Å²) >= 11 is 3.00. The SMILES string of the molecule is Cc1ncsc1-c1ccc([C@H](C)NC(=O)[C@@H]2C[C@@H](O)CN2C(=O)[C@@H](NC(=O)COCCOCCOc2ccc(/C=N/NC(=O)c3cccc(Oc4c(-c5ccc(O)cc5)sc5cc(O)ccc45)c3)cc2)C(C)(C)C)cc1. The number of ether oxygens (including phenoxy) is 4. The maximum absolute atomic E-state index is 14.1. The van der Waals surface area contributed by atoms with E-state index in [0.717, 1.165) is 42.2 Å². The summed E-state index contributed by atoms with van der Waals surface area (Å²) in [6, 6.07) is 31.2. The minimum absolute atomic E-state index is 0.0396. The van der Waals surface area contributed by atoms with Gasteiger partial charge >= 0.3 is 0 Å². The number of aryl methyl sites for hydroxylation is 1. The van der Waals surface area contributed by atoms with Crippen LogP contribution in [0.25, 0.3) is 31.0 Å². The number of phenols is 2. The van der Waals surface area contributed by atoms with Gasteiger partial charge < -0.3 is 49.8 Å². The van der Waals surface area contributed by atoms with Crippen LogP contribution in [-0.2, 0) is 23.9 Å². The van der Waals surface area contributed by atoms with Gasteiger partial charge in [0.1, 0.15) is 48.3 Å². The van der Waals surface area contributed by atoms with Gasteiger partial charge in [0, 0.05) is 28.6 Å². The number of nitrogens with one attached hydrogen (secondary N) is 3. The summed E-state index contributed by atoms with van der Waals surface area (Å²) in [6.45, 7) is 9.72. The number of amides is 4. The van der Waals surface area contributed by atoms with Crippen LogP contribution in [-0.4, -0.2) is 113 Å². The first kappa shape index (κ1) is 54.6. The van der Waals surface area contributed by atoms with Crippen molar-refractivity contribution in [1.29, 1.82) is 0 Å². The van der Waals surface area contributed by atoms with Gasteiger partial charge in [0.15, 0.2) is 5.75 Å². The molecule has 396 valence electrons. The Hall–Kier alpha value is -7.68. The van der Waals surface area contributed by atoms with E-state index in [1.165, 1.54) is 22.5 Å². The molecule has 5 aromatic carbocycles. The van der Waals surface area contributed by atoms with Gasteiger partial charge in [-0.05, 0) is 126 Å². The molecule has 0 unspecified atom stereocenters. The zero-order valence-corrected chi connectivity index (χ0v) is 44.3. The highest BCUT2D eigenvalue weighted by molar-refractivity contribution is 7.22. The molecule has 4 atom stereocenters. The first-order valence-corrected chi connectivity index (χ1v) is 26.3. The predicted molar refractivity (Wildman–Crippen MR) is 292 cm³/mol. The average molecular weight is 1070 g/mol. The number of aromatic hydroxyl groups is 2. The molecule has 8 rings (SSSR count). The summed E-state index contributed by atoms with van der Waals surface area (Å²) in [6.07, 6.45) is 0.683. The smallest absolute Gasteiger partial charge is 0.271 e. The van der Waals surface area contributed by atoms with Crippen molar-refractivity contribution in [2.75, 3.05) is 39.6 Å². The lowest BCUT2D eigenvalue weighted by Crippen LogP contribution is -2.58. The van der Waals surface area contributed by atoms with Gasteiger partial charge in [-0.25, -0.2) is 10.4 Å². The molecule has 1 saturated heterocycles. The molecule has 0 radical (unpaired) electrons. The Bertz CT molecular complexity index is 3170. The number of β-amino-alcohol motifs (C(OH)–C–C–N with tert-alkyl or cyclic N) is 1. The number of benzene rings is 5. The lowest BCUT2D eigenvalue weighted by atomic mass is 9.85. The van der Waals surface area contributed by atoms with Crippen molar-refractivity contribution in [3.05, 3.63) is 143 Å². The van der Waals surface area contributed by atoms with Crippen LogP contribution in [0.15, 0.2) is 126 Å². The molecule has 4 amide bonds. The molecular weight excluding hydrogens is 1010 g/mol. The number of aliphatic hydroxyl groups is 1. The normalized spacial score (nSPS) is 15.4. The van der Waals surface area contributed by atoms with E-state index in [2.05, 4.69) is 26.1 Å². The number of carbonyl (C=O) groups is 4. The number of nitrogens with zero attached hydrogens (tertiary/aromatic N) is 3. The number of fused-ring (bicyclic) bond motifs is 1. The number of hydrogen-bond acceptors (Lipinski definition) is 15. The fraction of sp³-hybridized carbons (Fsp3) is 0.298. The van der Waals surface area contributed by atoms with Crippen molar-refractivity contribution in [3.8, 4) is 49.6 Å². The van der Waals surface area contributed by atoms with Gasteiger partial charge in [-0.3, -0.25) is 19.2 Å². The first-order valence-electron chi connectivity index (χ1n) is 24.6. The van der Waals surface area contributed by atoms with Crippen molar-refractivity contribution in [2.45, 2.75) is 65.3 Å². The van der Waals surface area contributed by atoms with E-state index in [1.54, 1.807) is 102 Å². The van der Waals surface area contributed by atoms with Crippen LogP contribution in [0.1, 0.15) is 67.3 Å². The summed E-state index contributed by atoms with van der Waals surface area (Å²) in [5.41, 5.74) is 8.37. The third kappa shape index (κ3) is 14.0. The van der Waals surface area contributed by atoms with E-state index >= 15 is 0 Å². The van der Waals surface area contributed by atoms with Crippen molar-refractivity contribution in [3.63, 3.8) is 0 Å². The Labute approximate surface area is 448 Å². The van der Waals surface area contributed by atoms with Gasteiger partial charge in [-0.15, -0.1) is 22.7 Å². The van der Waals surface area contributed by atoms with Crippen molar-refractivity contribution < 1.29 is 53.4 Å². The van der Waals surface area contributed by atoms with E-state index in [0.29, 0.717) is 28.4 Å². The van der Waals surface area contributed by atoms with Crippen molar-refractivity contribution in [1.82, 2.24) is 25.9 Å². The molecular formula is C57H60N6O11S2. The number of aromatic nitrogens is 1. The molecule has 6 N–H and O–H groups in total.